The first-order valence-corrected chi connectivity index (χ1v) is 10.5. The number of H-pyrrole nitrogens is 1. The Hall–Kier alpha value is -4.21. The summed E-state index contributed by atoms with van der Waals surface area (Å²) in [6, 6.07) is 11.5. The van der Waals surface area contributed by atoms with Crippen LogP contribution in [-0.4, -0.2) is 52.3 Å². The van der Waals surface area contributed by atoms with Crippen molar-refractivity contribution in [3.05, 3.63) is 81.0 Å². The number of rotatable bonds is 9. The van der Waals surface area contributed by atoms with Crippen LogP contribution in [-0.2, 0) is 16.0 Å². The first kappa shape index (κ1) is 24.4. The fraction of sp³-hybridized carbons (Fsp3) is 0.292. The first-order valence-electron chi connectivity index (χ1n) is 10.5. The average molecular weight is 467 g/mol. The van der Waals surface area contributed by atoms with E-state index >= 15 is 0 Å². The molecule has 1 N–H and O–H groups in total. The Labute approximate surface area is 195 Å². The number of benzene rings is 1. The zero-order valence-electron chi connectivity index (χ0n) is 19.3. The van der Waals surface area contributed by atoms with Crippen LogP contribution in [0.25, 0.3) is 0 Å². The van der Waals surface area contributed by atoms with E-state index in [1.165, 1.54) is 26.2 Å². The summed E-state index contributed by atoms with van der Waals surface area (Å²) in [6.45, 7) is 4.93. The Morgan fingerprint density at radius 1 is 1.06 bits per heavy atom. The highest BCUT2D eigenvalue weighted by Crippen LogP contribution is 2.21. The molecule has 0 spiro atoms. The van der Waals surface area contributed by atoms with Crippen molar-refractivity contribution < 1.29 is 28.6 Å². The van der Waals surface area contributed by atoms with Crippen molar-refractivity contribution in [2.24, 2.45) is 0 Å². The summed E-state index contributed by atoms with van der Waals surface area (Å²) < 4.78 is 16.7. The van der Waals surface area contributed by atoms with Crippen LogP contribution in [0.1, 0.15) is 49.5 Å². The number of Topliss-reactive ketones (excluding diaryl/α,β-unsaturated/α-hetero) is 1. The molecule has 0 saturated carbocycles. The molecule has 0 saturated heterocycles. The summed E-state index contributed by atoms with van der Waals surface area (Å²) in [5.41, 5.74) is 0.740. The van der Waals surface area contributed by atoms with Crippen molar-refractivity contribution in [3.63, 3.8) is 0 Å². The fourth-order valence-corrected chi connectivity index (χ4v) is 3.37. The molecule has 3 rings (SSSR count). The summed E-state index contributed by atoms with van der Waals surface area (Å²) in [6.07, 6.45) is -1.17. The maximum atomic E-state index is 12.9. The van der Waals surface area contributed by atoms with E-state index in [9.17, 15) is 19.2 Å². The van der Waals surface area contributed by atoms with Crippen molar-refractivity contribution in [2.45, 2.75) is 33.4 Å². The Morgan fingerprint density at radius 2 is 1.76 bits per heavy atom. The lowest BCUT2D eigenvalue weighted by atomic mass is 10.1. The molecule has 178 valence electrons. The molecule has 0 radical (unpaired) electrons. The minimum atomic E-state index is -1.17. The van der Waals surface area contributed by atoms with Gasteiger partial charge in [-0.15, -0.1) is 0 Å². The summed E-state index contributed by atoms with van der Waals surface area (Å²) in [5, 5.41) is 4.03. The molecular formula is C24H25N3O7. The molecule has 0 amide bonds. The van der Waals surface area contributed by atoms with Crippen molar-refractivity contribution in [1.82, 2.24) is 14.8 Å². The van der Waals surface area contributed by atoms with Crippen LogP contribution in [0.2, 0.25) is 0 Å². The number of ketones is 1. The molecule has 2 heterocycles. The van der Waals surface area contributed by atoms with Crippen molar-refractivity contribution in [2.75, 3.05) is 13.7 Å². The molecule has 0 aliphatic carbocycles. The molecule has 1 unspecified atom stereocenters. The van der Waals surface area contributed by atoms with Gasteiger partial charge in [-0.25, -0.2) is 14.3 Å². The van der Waals surface area contributed by atoms with Gasteiger partial charge in [0.05, 0.1) is 24.9 Å². The third-order valence-corrected chi connectivity index (χ3v) is 5.12. The number of esters is 2. The van der Waals surface area contributed by atoms with Gasteiger partial charge in [-0.3, -0.25) is 9.59 Å². The normalized spacial score (nSPS) is 11.5. The highest BCUT2D eigenvalue weighted by Gasteiger charge is 2.28. The van der Waals surface area contributed by atoms with E-state index in [4.69, 9.17) is 14.2 Å². The van der Waals surface area contributed by atoms with E-state index in [0.29, 0.717) is 17.0 Å². The smallest absolute Gasteiger partial charge is 0.359 e. The molecule has 1 aromatic carbocycles. The van der Waals surface area contributed by atoms with Crippen molar-refractivity contribution in [3.8, 4) is 5.75 Å². The third kappa shape index (κ3) is 5.40. The minimum Gasteiger partial charge on any atom is -0.492 e. The highest BCUT2D eigenvalue weighted by atomic mass is 16.5. The number of hydrogen-bond acceptors (Lipinski definition) is 8. The van der Waals surface area contributed by atoms with E-state index in [1.807, 2.05) is 18.2 Å². The van der Waals surface area contributed by atoms with E-state index in [1.54, 1.807) is 26.0 Å². The summed E-state index contributed by atoms with van der Waals surface area (Å²) in [4.78, 5) is 52.4. The Morgan fingerprint density at radius 3 is 2.44 bits per heavy atom. The molecule has 2 aromatic heterocycles. The summed E-state index contributed by atoms with van der Waals surface area (Å²) in [5.74, 6) is -1.32. The minimum absolute atomic E-state index is 0.112. The lowest BCUT2D eigenvalue weighted by Crippen LogP contribution is -2.29. The number of carbonyl (C=O) groups excluding carboxylic acids is 3. The molecule has 3 aromatic rings. The maximum absolute atomic E-state index is 12.9. The lowest BCUT2D eigenvalue weighted by molar-refractivity contribution is 0.0308. The molecule has 34 heavy (non-hydrogen) atoms. The predicted molar refractivity (Wildman–Crippen MR) is 121 cm³/mol. The molecule has 1 atom stereocenters. The van der Waals surface area contributed by atoms with Gasteiger partial charge in [-0.05, 0) is 44.5 Å². The first-order chi connectivity index (χ1) is 16.2. The van der Waals surface area contributed by atoms with Crippen LogP contribution in [0.3, 0.4) is 0 Å². The standard InChI is InChI=1S/C24H25N3O7/c1-14-20(24(31)32-4)15(2)25-21(14)22(29)16(3)34-23(30)18-10-11-19(28)27(26-18)12-13-33-17-8-6-5-7-9-17/h5-11,16,25H,12-13H2,1-4H3. The van der Waals surface area contributed by atoms with Crippen LogP contribution >= 0.6 is 0 Å². The number of aromatic nitrogens is 3. The van der Waals surface area contributed by atoms with Gasteiger partial charge in [0.25, 0.3) is 5.56 Å². The Kier molecular flexibility index (Phi) is 7.62. The predicted octanol–water partition coefficient (Wildman–Crippen LogP) is 2.48. The maximum Gasteiger partial charge on any atom is 0.359 e. The zero-order chi connectivity index (χ0) is 24.8. The van der Waals surface area contributed by atoms with Crippen LogP contribution in [0.5, 0.6) is 5.75 Å². The monoisotopic (exact) mass is 467 g/mol. The Balaban J connectivity index is 1.68. The topological polar surface area (TPSA) is 130 Å². The third-order valence-electron chi connectivity index (χ3n) is 5.12. The van der Waals surface area contributed by atoms with E-state index in [0.717, 1.165) is 4.68 Å². The number of aromatic amines is 1. The van der Waals surface area contributed by atoms with Gasteiger partial charge in [0.1, 0.15) is 12.4 Å². The molecule has 0 fully saturated rings. The van der Waals surface area contributed by atoms with Gasteiger partial charge in [0.15, 0.2) is 11.8 Å². The second-order valence-corrected chi connectivity index (χ2v) is 7.47. The number of methoxy groups -OCH3 is 1. The largest absolute Gasteiger partial charge is 0.492 e. The van der Waals surface area contributed by atoms with Crippen LogP contribution in [0.15, 0.2) is 47.3 Å². The van der Waals surface area contributed by atoms with Crippen molar-refractivity contribution in [1.29, 1.82) is 0 Å². The van der Waals surface area contributed by atoms with Crippen LogP contribution in [0, 0.1) is 13.8 Å². The number of nitrogens with zero attached hydrogens (tertiary/aromatic N) is 2. The summed E-state index contributed by atoms with van der Waals surface area (Å²) in [7, 11) is 1.25. The van der Waals surface area contributed by atoms with Gasteiger partial charge in [-0.2, -0.15) is 5.10 Å². The fourth-order valence-electron chi connectivity index (χ4n) is 3.37. The van der Waals surface area contributed by atoms with Gasteiger partial charge in [0, 0.05) is 11.8 Å². The number of para-hydroxylation sites is 1. The average Bonchev–Trinajstić information content (AvgIpc) is 3.13. The van der Waals surface area contributed by atoms with E-state index in [-0.39, 0.29) is 30.1 Å². The van der Waals surface area contributed by atoms with Gasteiger partial charge in [0.2, 0.25) is 5.78 Å². The second-order valence-electron chi connectivity index (χ2n) is 7.47. The number of carbonyl (C=O) groups is 3. The molecular weight excluding hydrogens is 442 g/mol. The zero-order valence-corrected chi connectivity index (χ0v) is 19.3. The lowest BCUT2D eigenvalue weighted by Gasteiger charge is -2.13. The van der Waals surface area contributed by atoms with E-state index < -0.39 is 29.4 Å². The van der Waals surface area contributed by atoms with Crippen LogP contribution in [0.4, 0.5) is 0 Å². The number of hydrogen-bond donors (Lipinski definition) is 1. The molecule has 0 bridgehead atoms. The Bertz CT molecular complexity index is 1260. The second kappa shape index (κ2) is 10.6. The number of aryl methyl sites for hydroxylation is 1. The number of ether oxygens (including phenoxy) is 3. The summed E-state index contributed by atoms with van der Waals surface area (Å²) >= 11 is 0. The highest BCUT2D eigenvalue weighted by molar-refractivity contribution is 6.04. The van der Waals surface area contributed by atoms with E-state index in [2.05, 4.69) is 10.1 Å². The van der Waals surface area contributed by atoms with Crippen LogP contribution < -0.4 is 10.3 Å². The van der Waals surface area contributed by atoms with Gasteiger partial charge < -0.3 is 19.2 Å². The van der Waals surface area contributed by atoms with Gasteiger partial charge in [-0.1, -0.05) is 18.2 Å². The number of nitrogens with one attached hydrogen (secondary N) is 1. The molecule has 0 aliphatic rings. The quantitative estimate of drug-likeness (QED) is 0.375. The SMILES string of the molecule is COC(=O)c1c(C)[nH]c(C(=O)C(C)OC(=O)c2ccc(=O)n(CCOc3ccccc3)n2)c1C. The molecule has 10 nitrogen and oxygen atoms in total. The van der Waals surface area contributed by atoms with Gasteiger partial charge >= 0.3 is 11.9 Å². The van der Waals surface area contributed by atoms with Crippen molar-refractivity contribution >= 4 is 17.7 Å². The molecule has 0 aliphatic heterocycles. The molecule has 10 heteroatoms.